The Labute approximate surface area is 192 Å². The average Bonchev–Trinajstić information content (AvgIpc) is 3.24. The number of carbonyl (C=O) groups is 2. The first-order valence-electron chi connectivity index (χ1n) is 10.7. The van der Waals surface area contributed by atoms with Crippen LogP contribution in [0.25, 0.3) is 0 Å². The lowest BCUT2D eigenvalue weighted by Crippen LogP contribution is -2.47. The van der Waals surface area contributed by atoms with Gasteiger partial charge in [0.25, 0.3) is 0 Å². The monoisotopic (exact) mass is 451 g/mol. The molecule has 166 valence electrons. The molecule has 0 radical (unpaired) electrons. The van der Waals surface area contributed by atoms with Crippen LogP contribution in [0.3, 0.4) is 0 Å². The lowest BCUT2D eigenvalue weighted by molar-refractivity contribution is -0.126. The van der Waals surface area contributed by atoms with Gasteiger partial charge in [-0.05, 0) is 42.7 Å². The van der Waals surface area contributed by atoms with Crippen molar-refractivity contribution in [1.29, 1.82) is 0 Å². The van der Waals surface area contributed by atoms with Gasteiger partial charge in [-0.2, -0.15) is 0 Å². The minimum absolute atomic E-state index is 0.0924. The number of aromatic nitrogens is 2. The second-order valence-corrected chi connectivity index (χ2v) is 8.41. The van der Waals surface area contributed by atoms with E-state index in [0.29, 0.717) is 18.1 Å². The van der Waals surface area contributed by atoms with Crippen LogP contribution in [-0.4, -0.2) is 39.5 Å². The molecule has 0 unspecified atom stereocenters. The Kier molecular flexibility index (Phi) is 6.75. The van der Waals surface area contributed by atoms with Crippen LogP contribution in [0.15, 0.2) is 67.0 Å². The molecule has 7 nitrogen and oxygen atoms in total. The number of hydrogen-bond acceptors (Lipinski definition) is 3. The van der Waals surface area contributed by atoms with E-state index in [0.717, 1.165) is 29.9 Å². The highest BCUT2D eigenvalue weighted by Gasteiger charge is 2.31. The molecule has 3 aromatic rings. The van der Waals surface area contributed by atoms with Gasteiger partial charge in [-0.15, -0.1) is 0 Å². The topological polar surface area (TPSA) is 79.3 Å². The maximum atomic E-state index is 13.2. The van der Waals surface area contributed by atoms with Gasteiger partial charge in [-0.3, -0.25) is 4.79 Å². The Hall–Kier alpha value is -3.32. The van der Waals surface area contributed by atoms with Crippen LogP contribution in [0.2, 0.25) is 5.02 Å². The Morgan fingerprint density at radius 3 is 2.56 bits per heavy atom. The highest BCUT2D eigenvalue weighted by molar-refractivity contribution is 6.30. The zero-order chi connectivity index (χ0) is 22.5. The quantitative estimate of drug-likeness (QED) is 0.609. The summed E-state index contributed by atoms with van der Waals surface area (Å²) >= 11 is 6.05. The highest BCUT2D eigenvalue weighted by Crippen LogP contribution is 2.25. The lowest BCUT2D eigenvalue weighted by Gasteiger charge is -2.33. The number of nitrogens with one attached hydrogen (secondary N) is 2. The molecule has 0 aliphatic carbocycles. The molecule has 32 heavy (non-hydrogen) atoms. The van der Waals surface area contributed by atoms with E-state index in [4.69, 9.17) is 11.6 Å². The standard InChI is InChI=1S/C24H26ClN5O2/c1-29-15-13-26-22(29)21(17-9-11-19(25)12-10-17)28-23(31)18-6-5-14-30(16-18)24(32)27-20-7-3-2-4-8-20/h2-4,7-13,15,18,21H,5-6,14,16H2,1H3,(H,27,32)(H,28,31)/t18-,21-/m0/s1. The zero-order valence-electron chi connectivity index (χ0n) is 17.9. The Balaban J connectivity index is 1.46. The Bertz CT molecular complexity index is 1070. The summed E-state index contributed by atoms with van der Waals surface area (Å²) < 4.78 is 1.89. The molecule has 4 rings (SSSR count). The first kappa shape index (κ1) is 21.9. The number of halogens is 1. The van der Waals surface area contributed by atoms with Crippen molar-refractivity contribution in [2.24, 2.45) is 13.0 Å². The van der Waals surface area contributed by atoms with Gasteiger partial charge < -0.3 is 20.1 Å². The van der Waals surface area contributed by atoms with Crippen LogP contribution >= 0.6 is 11.6 Å². The normalized spacial score (nSPS) is 16.9. The van der Waals surface area contributed by atoms with Gasteiger partial charge >= 0.3 is 6.03 Å². The van der Waals surface area contributed by atoms with E-state index in [2.05, 4.69) is 15.6 Å². The number of amides is 3. The number of likely N-dealkylation sites (tertiary alicyclic amines) is 1. The van der Waals surface area contributed by atoms with Crippen molar-refractivity contribution in [2.45, 2.75) is 18.9 Å². The van der Waals surface area contributed by atoms with Crippen LogP contribution in [0.1, 0.15) is 30.3 Å². The Morgan fingerprint density at radius 2 is 1.88 bits per heavy atom. The van der Waals surface area contributed by atoms with Crippen molar-refractivity contribution in [3.05, 3.63) is 83.4 Å². The van der Waals surface area contributed by atoms with Crippen molar-refractivity contribution < 1.29 is 9.59 Å². The minimum atomic E-state index is -0.409. The van der Waals surface area contributed by atoms with Gasteiger partial charge in [0.2, 0.25) is 5.91 Å². The summed E-state index contributed by atoms with van der Waals surface area (Å²) in [6.07, 6.45) is 5.06. The molecular formula is C24H26ClN5O2. The fourth-order valence-corrected chi connectivity index (χ4v) is 4.09. The van der Waals surface area contributed by atoms with E-state index in [1.807, 2.05) is 60.3 Å². The summed E-state index contributed by atoms with van der Waals surface area (Å²) in [7, 11) is 1.90. The minimum Gasteiger partial charge on any atom is -0.342 e. The zero-order valence-corrected chi connectivity index (χ0v) is 18.6. The number of hydrogen-bond donors (Lipinski definition) is 2. The third-order valence-electron chi connectivity index (χ3n) is 5.71. The Morgan fingerprint density at radius 1 is 1.12 bits per heavy atom. The van der Waals surface area contributed by atoms with Crippen LogP contribution in [-0.2, 0) is 11.8 Å². The molecule has 2 heterocycles. The maximum Gasteiger partial charge on any atom is 0.321 e. The number of imidazole rings is 1. The van der Waals surface area contributed by atoms with Gasteiger partial charge in [0.15, 0.2) is 0 Å². The van der Waals surface area contributed by atoms with Gasteiger partial charge in [0.1, 0.15) is 11.9 Å². The van der Waals surface area contributed by atoms with E-state index in [-0.39, 0.29) is 17.9 Å². The van der Waals surface area contributed by atoms with E-state index >= 15 is 0 Å². The van der Waals surface area contributed by atoms with Crippen LogP contribution < -0.4 is 10.6 Å². The molecule has 1 aliphatic rings. The van der Waals surface area contributed by atoms with E-state index in [1.54, 1.807) is 23.2 Å². The molecule has 8 heteroatoms. The first-order chi connectivity index (χ1) is 15.5. The largest absolute Gasteiger partial charge is 0.342 e. The van der Waals surface area contributed by atoms with Crippen molar-refractivity contribution in [3.63, 3.8) is 0 Å². The van der Waals surface area contributed by atoms with Gasteiger partial charge in [-0.1, -0.05) is 41.9 Å². The molecule has 1 fully saturated rings. The molecule has 0 spiro atoms. The third kappa shape index (κ3) is 5.11. The summed E-state index contributed by atoms with van der Waals surface area (Å²) in [6, 6.07) is 16.1. The number of aryl methyl sites for hydroxylation is 1. The second kappa shape index (κ2) is 9.87. The predicted octanol–water partition coefficient (Wildman–Crippen LogP) is 4.22. The smallest absolute Gasteiger partial charge is 0.321 e. The second-order valence-electron chi connectivity index (χ2n) is 7.97. The van der Waals surface area contributed by atoms with E-state index in [9.17, 15) is 9.59 Å². The molecule has 1 saturated heterocycles. The molecule has 1 aromatic heterocycles. The van der Waals surface area contributed by atoms with E-state index in [1.165, 1.54) is 0 Å². The van der Waals surface area contributed by atoms with Crippen LogP contribution in [0, 0.1) is 5.92 Å². The highest BCUT2D eigenvalue weighted by atomic mass is 35.5. The molecular weight excluding hydrogens is 426 g/mol. The molecule has 0 bridgehead atoms. The number of rotatable bonds is 5. The summed E-state index contributed by atoms with van der Waals surface area (Å²) in [5, 5.41) is 6.68. The fourth-order valence-electron chi connectivity index (χ4n) is 3.97. The number of para-hydroxylation sites is 1. The number of piperidine rings is 1. The number of nitrogens with zero attached hydrogens (tertiary/aromatic N) is 3. The summed E-state index contributed by atoms with van der Waals surface area (Å²) in [5.41, 5.74) is 1.63. The molecule has 0 saturated carbocycles. The molecule has 2 atom stereocenters. The molecule has 2 N–H and O–H groups in total. The molecule has 2 aromatic carbocycles. The molecule has 3 amide bonds. The van der Waals surface area contributed by atoms with Crippen LogP contribution in [0.5, 0.6) is 0 Å². The van der Waals surface area contributed by atoms with Gasteiger partial charge in [0, 0.05) is 43.2 Å². The maximum absolute atomic E-state index is 13.2. The van der Waals surface area contributed by atoms with Crippen molar-refractivity contribution >= 4 is 29.2 Å². The number of benzene rings is 2. The predicted molar refractivity (Wildman–Crippen MR) is 124 cm³/mol. The van der Waals surface area contributed by atoms with Crippen molar-refractivity contribution in [3.8, 4) is 0 Å². The lowest BCUT2D eigenvalue weighted by atomic mass is 9.96. The average molecular weight is 452 g/mol. The van der Waals surface area contributed by atoms with Gasteiger partial charge in [-0.25, -0.2) is 9.78 Å². The van der Waals surface area contributed by atoms with Crippen LogP contribution in [0.4, 0.5) is 10.5 Å². The first-order valence-corrected chi connectivity index (χ1v) is 11.0. The summed E-state index contributed by atoms with van der Waals surface area (Å²) in [4.78, 5) is 32.1. The van der Waals surface area contributed by atoms with Gasteiger partial charge in [0.05, 0.1) is 5.92 Å². The SMILES string of the molecule is Cn1ccnc1[C@@H](NC(=O)[C@H]1CCCN(C(=O)Nc2ccccc2)C1)c1ccc(Cl)cc1. The number of anilines is 1. The number of urea groups is 1. The van der Waals surface area contributed by atoms with Crippen molar-refractivity contribution in [1.82, 2.24) is 19.8 Å². The van der Waals surface area contributed by atoms with E-state index < -0.39 is 6.04 Å². The third-order valence-corrected chi connectivity index (χ3v) is 5.96. The summed E-state index contributed by atoms with van der Waals surface area (Å²) in [5.74, 6) is 0.348. The summed E-state index contributed by atoms with van der Waals surface area (Å²) in [6.45, 7) is 1.00. The van der Waals surface area contributed by atoms with Crippen molar-refractivity contribution in [2.75, 3.05) is 18.4 Å². The number of carbonyl (C=O) groups excluding carboxylic acids is 2. The fraction of sp³-hybridized carbons (Fsp3) is 0.292. The molecule has 1 aliphatic heterocycles.